The van der Waals surface area contributed by atoms with Crippen LogP contribution in [0.4, 0.5) is 11.5 Å². The number of carbonyl (C=O) groups excluding carboxylic acids is 2. The molecule has 9 heteroatoms. The van der Waals surface area contributed by atoms with E-state index >= 15 is 0 Å². The maximum Gasteiger partial charge on any atom is 0.335 e. The number of aromatic nitrogens is 4. The van der Waals surface area contributed by atoms with Crippen molar-refractivity contribution in [3.05, 3.63) is 112 Å². The monoisotopic (exact) mass is 548 g/mol. The predicted octanol–water partition coefficient (Wildman–Crippen LogP) is 4.87. The first-order valence-corrected chi connectivity index (χ1v) is 13.7. The van der Waals surface area contributed by atoms with Gasteiger partial charge in [-0.05, 0) is 66.4 Å². The predicted molar refractivity (Wildman–Crippen MR) is 160 cm³/mol. The van der Waals surface area contributed by atoms with Crippen LogP contribution in [0.1, 0.15) is 37.5 Å². The molecule has 1 unspecified atom stereocenters. The molecule has 41 heavy (non-hydrogen) atoms. The van der Waals surface area contributed by atoms with Gasteiger partial charge in [0.1, 0.15) is 18.2 Å². The average Bonchev–Trinajstić information content (AvgIpc) is 3.48. The number of benzene rings is 2. The molecule has 5 aromatic rings. The quantitative estimate of drug-likeness (QED) is 0.282. The Balaban J connectivity index is 0.00000165. The van der Waals surface area contributed by atoms with Crippen molar-refractivity contribution in [2.24, 2.45) is 0 Å². The number of nitrogens with one attached hydrogen (secondary N) is 2. The SMILES string of the molecule is CC.CC1(c2cccnc2NC=O)Cc2ccc(NC(=O)Cn3c(=O)n(-c4ccccn4)c4ccccc43)cc2C1. The van der Waals surface area contributed by atoms with Crippen LogP contribution in [0.15, 0.2) is 90.0 Å². The van der Waals surface area contributed by atoms with E-state index in [9.17, 15) is 14.4 Å². The van der Waals surface area contributed by atoms with Gasteiger partial charge in [-0.1, -0.05) is 51.1 Å². The van der Waals surface area contributed by atoms with Crippen molar-refractivity contribution in [1.82, 2.24) is 19.1 Å². The number of imidazole rings is 1. The Kier molecular flexibility index (Phi) is 7.78. The van der Waals surface area contributed by atoms with Gasteiger partial charge in [-0.15, -0.1) is 0 Å². The normalized spacial score (nSPS) is 15.5. The van der Waals surface area contributed by atoms with Gasteiger partial charge in [0, 0.05) is 29.1 Å². The summed E-state index contributed by atoms with van der Waals surface area (Å²) in [7, 11) is 0. The topological polar surface area (TPSA) is 111 Å². The first kappa shape index (κ1) is 27.5. The van der Waals surface area contributed by atoms with Gasteiger partial charge < -0.3 is 10.6 Å². The molecule has 0 aliphatic heterocycles. The summed E-state index contributed by atoms with van der Waals surface area (Å²) in [5.74, 6) is 0.762. The van der Waals surface area contributed by atoms with Crippen molar-refractivity contribution in [3.8, 4) is 5.82 Å². The molecular formula is C32H32N6O3. The molecule has 2 aromatic carbocycles. The fourth-order valence-electron chi connectivity index (χ4n) is 5.61. The van der Waals surface area contributed by atoms with Crippen molar-refractivity contribution in [2.45, 2.75) is 45.6 Å². The highest BCUT2D eigenvalue weighted by Crippen LogP contribution is 2.42. The number of rotatable bonds is 7. The lowest BCUT2D eigenvalue weighted by molar-refractivity contribution is -0.116. The lowest BCUT2D eigenvalue weighted by atomic mass is 9.80. The summed E-state index contributed by atoms with van der Waals surface area (Å²) >= 11 is 0. The van der Waals surface area contributed by atoms with Crippen LogP contribution in [0.2, 0.25) is 0 Å². The summed E-state index contributed by atoms with van der Waals surface area (Å²) in [5, 5.41) is 5.68. The number of amides is 2. The van der Waals surface area contributed by atoms with Crippen LogP contribution in [0.25, 0.3) is 16.9 Å². The number of nitrogens with zero attached hydrogens (tertiary/aromatic N) is 4. The summed E-state index contributed by atoms with van der Waals surface area (Å²) in [4.78, 5) is 46.3. The van der Waals surface area contributed by atoms with Crippen molar-refractivity contribution in [1.29, 1.82) is 0 Å². The Morgan fingerprint density at radius 1 is 0.927 bits per heavy atom. The lowest BCUT2D eigenvalue weighted by Gasteiger charge is -2.26. The third-order valence-corrected chi connectivity index (χ3v) is 7.32. The van der Waals surface area contributed by atoms with Gasteiger partial charge in [0.15, 0.2) is 0 Å². The fourth-order valence-corrected chi connectivity index (χ4v) is 5.61. The molecule has 1 aliphatic carbocycles. The summed E-state index contributed by atoms with van der Waals surface area (Å²) in [6.07, 6.45) is 5.46. The molecule has 0 spiro atoms. The second kappa shape index (κ2) is 11.6. The second-order valence-corrected chi connectivity index (χ2v) is 9.99. The molecule has 3 heterocycles. The van der Waals surface area contributed by atoms with E-state index in [2.05, 4.69) is 27.5 Å². The highest BCUT2D eigenvalue weighted by Gasteiger charge is 2.36. The van der Waals surface area contributed by atoms with E-state index in [4.69, 9.17) is 0 Å². The van der Waals surface area contributed by atoms with Gasteiger partial charge in [0.25, 0.3) is 0 Å². The highest BCUT2D eigenvalue weighted by atomic mass is 16.2. The van der Waals surface area contributed by atoms with Crippen LogP contribution in [0.3, 0.4) is 0 Å². The minimum Gasteiger partial charge on any atom is -0.325 e. The van der Waals surface area contributed by atoms with E-state index in [1.165, 1.54) is 14.7 Å². The zero-order valence-corrected chi connectivity index (χ0v) is 23.3. The van der Waals surface area contributed by atoms with Crippen molar-refractivity contribution >= 4 is 34.9 Å². The first-order valence-electron chi connectivity index (χ1n) is 13.7. The second-order valence-electron chi connectivity index (χ2n) is 9.99. The molecule has 1 atom stereocenters. The Morgan fingerprint density at radius 2 is 1.66 bits per heavy atom. The van der Waals surface area contributed by atoms with E-state index < -0.39 is 0 Å². The Bertz CT molecular complexity index is 1780. The minimum atomic E-state index is -0.328. The number of pyridine rings is 2. The summed E-state index contributed by atoms with van der Waals surface area (Å²) in [5.41, 5.74) is 4.72. The number of para-hydroxylation sites is 2. The van der Waals surface area contributed by atoms with E-state index in [0.717, 1.165) is 24.0 Å². The number of hydrogen-bond acceptors (Lipinski definition) is 5. The third kappa shape index (κ3) is 5.26. The minimum absolute atomic E-state index is 0.135. The Labute approximate surface area is 237 Å². The van der Waals surface area contributed by atoms with Crippen LogP contribution in [-0.2, 0) is 34.4 Å². The van der Waals surface area contributed by atoms with Crippen LogP contribution in [0, 0.1) is 0 Å². The molecule has 2 N–H and O–H groups in total. The van der Waals surface area contributed by atoms with Crippen molar-refractivity contribution < 1.29 is 9.59 Å². The first-order chi connectivity index (χ1) is 20.0. The van der Waals surface area contributed by atoms with E-state index in [0.29, 0.717) is 34.8 Å². The molecule has 6 rings (SSSR count). The maximum absolute atomic E-state index is 13.4. The maximum atomic E-state index is 13.4. The molecule has 1 aliphatic rings. The van der Waals surface area contributed by atoms with Crippen LogP contribution >= 0.6 is 0 Å². The zero-order chi connectivity index (χ0) is 29.0. The van der Waals surface area contributed by atoms with Gasteiger partial charge in [0.05, 0.1) is 11.0 Å². The van der Waals surface area contributed by atoms with Crippen molar-refractivity contribution in [3.63, 3.8) is 0 Å². The molecular weight excluding hydrogens is 516 g/mol. The summed E-state index contributed by atoms with van der Waals surface area (Å²) < 4.78 is 2.98. The van der Waals surface area contributed by atoms with E-state index in [1.807, 2.05) is 74.5 Å². The number of anilines is 2. The van der Waals surface area contributed by atoms with E-state index in [-0.39, 0.29) is 23.6 Å². The third-order valence-electron chi connectivity index (χ3n) is 7.32. The highest BCUT2D eigenvalue weighted by molar-refractivity contribution is 5.92. The molecule has 0 fully saturated rings. The number of hydrogen-bond donors (Lipinski definition) is 2. The van der Waals surface area contributed by atoms with Crippen molar-refractivity contribution in [2.75, 3.05) is 10.6 Å². The number of carbonyl (C=O) groups is 2. The van der Waals surface area contributed by atoms with Crippen LogP contribution in [-0.4, -0.2) is 31.4 Å². The Hall–Kier alpha value is -5.05. The molecule has 0 bridgehead atoms. The van der Waals surface area contributed by atoms with Gasteiger partial charge in [-0.2, -0.15) is 0 Å². The standard InChI is InChI=1S/C30H26N6O3.C2H6/c1-30(23-7-6-14-32-28(23)33-19-37)16-20-11-12-22(15-21(20)17-30)34-27(38)18-35-24-8-2-3-9-25(24)36(29(35)39)26-10-4-5-13-31-26;1-2/h2-15,19H,16-18H2,1H3,(H,34,38)(H,32,33,37);1-2H3. The lowest BCUT2D eigenvalue weighted by Crippen LogP contribution is -2.29. The van der Waals surface area contributed by atoms with Crippen LogP contribution in [0.5, 0.6) is 0 Å². The zero-order valence-electron chi connectivity index (χ0n) is 23.3. The molecule has 0 saturated carbocycles. The Morgan fingerprint density at radius 3 is 2.41 bits per heavy atom. The molecule has 2 amide bonds. The summed E-state index contributed by atoms with van der Waals surface area (Å²) in [6.45, 7) is 6.02. The molecule has 208 valence electrons. The molecule has 0 radical (unpaired) electrons. The summed E-state index contributed by atoms with van der Waals surface area (Å²) in [6, 6.07) is 22.5. The van der Waals surface area contributed by atoms with Gasteiger partial charge in [-0.25, -0.2) is 19.3 Å². The van der Waals surface area contributed by atoms with Gasteiger partial charge in [0.2, 0.25) is 12.3 Å². The van der Waals surface area contributed by atoms with Crippen LogP contribution < -0.4 is 16.3 Å². The van der Waals surface area contributed by atoms with Gasteiger partial charge in [-0.3, -0.25) is 14.2 Å². The fraction of sp³-hybridized carbons (Fsp3) is 0.219. The number of fused-ring (bicyclic) bond motifs is 2. The molecule has 3 aromatic heterocycles. The molecule has 9 nitrogen and oxygen atoms in total. The largest absolute Gasteiger partial charge is 0.335 e. The smallest absolute Gasteiger partial charge is 0.325 e. The molecule has 0 saturated heterocycles. The van der Waals surface area contributed by atoms with Gasteiger partial charge >= 0.3 is 5.69 Å². The van der Waals surface area contributed by atoms with E-state index in [1.54, 1.807) is 24.5 Å². The average molecular weight is 549 g/mol.